The highest BCUT2D eigenvalue weighted by Crippen LogP contribution is 2.29. The number of imidazole rings is 1. The summed E-state index contributed by atoms with van der Waals surface area (Å²) < 4.78 is 33.2. The number of nitrogens with zero attached hydrogens (tertiary/aromatic N) is 1. The molecule has 1 heterocycles. The first-order valence-corrected chi connectivity index (χ1v) is 6.65. The molecule has 21 heavy (non-hydrogen) atoms. The molecular formula is C16H14F2N2O. The Morgan fingerprint density at radius 1 is 1.10 bits per heavy atom. The number of hydrogen-bond acceptors (Lipinski definition) is 2. The Morgan fingerprint density at radius 2 is 1.76 bits per heavy atom. The van der Waals surface area contributed by atoms with Crippen molar-refractivity contribution in [2.24, 2.45) is 0 Å². The van der Waals surface area contributed by atoms with Crippen molar-refractivity contribution in [3.05, 3.63) is 48.0 Å². The van der Waals surface area contributed by atoms with Gasteiger partial charge in [0.15, 0.2) is 17.4 Å². The van der Waals surface area contributed by atoms with Gasteiger partial charge in [0.1, 0.15) is 5.82 Å². The standard InChI is InChI=1S/C16H14F2N2O/c1-9(2)21-15-11(17)7-10(8-12(15)18)16-19-13-5-3-4-6-14(13)20-16/h3-9H,1-2H3,(H,19,20). The molecule has 1 aromatic heterocycles. The van der Waals surface area contributed by atoms with Gasteiger partial charge in [0, 0.05) is 5.56 Å². The Labute approximate surface area is 120 Å². The van der Waals surface area contributed by atoms with E-state index in [2.05, 4.69) is 9.97 Å². The number of para-hydroxylation sites is 2. The van der Waals surface area contributed by atoms with Crippen LogP contribution in [-0.2, 0) is 0 Å². The third kappa shape index (κ3) is 2.59. The normalized spacial score (nSPS) is 11.3. The van der Waals surface area contributed by atoms with Crippen LogP contribution in [0.3, 0.4) is 0 Å². The van der Waals surface area contributed by atoms with Gasteiger partial charge in [-0.3, -0.25) is 0 Å². The second-order valence-corrected chi connectivity index (χ2v) is 5.04. The highest BCUT2D eigenvalue weighted by Gasteiger charge is 2.16. The summed E-state index contributed by atoms with van der Waals surface area (Å²) in [6.45, 7) is 3.43. The maximum atomic E-state index is 14.0. The summed E-state index contributed by atoms with van der Waals surface area (Å²) in [6, 6.07) is 9.85. The first kappa shape index (κ1) is 13.5. The first-order chi connectivity index (χ1) is 10.0. The number of rotatable bonds is 3. The fourth-order valence-corrected chi connectivity index (χ4v) is 2.13. The zero-order chi connectivity index (χ0) is 15.0. The van der Waals surface area contributed by atoms with E-state index >= 15 is 0 Å². The molecule has 5 heteroatoms. The number of nitrogens with one attached hydrogen (secondary N) is 1. The lowest BCUT2D eigenvalue weighted by Gasteiger charge is -2.12. The number of halogens is 2. The molecule has 0 amide bonds. The molecular weight excluding hydrogens is 274 g/mol. The highest BCUT2D eigenvalue weighted by molar-refractivity contribution is 5.79. The maximum absolute atomic E-state index is 14.0. The van der Waals surface area contributed by atoms with Crippen molar-refractivity contribution in [3.8, 4) is 17.1 Å². The van der Waals surface area contributed by atoms with Crippen molar-refractivity contribution < 1.29 is 13.5 Å². The third-order valence-electron chi connectivity index (χ3n) is 3.01. The number of ether oxygens (including phenoxy) is 1. The molecule has 0 radical (unpaired) electrons. The molecule has 0 fully saturated rings. The summed E-state index contributed by atoms with van der Waals surface area (Å²) >= 11 is 0. The SMILES string of the molecule is CC(C)Oc1c(F)cc(-c2nc3ccccc3[nH]2)cc1F. The predicted octanol–water partition coefficient (Wildman–Crippen LogP) is 4.30. The molecule has 0 atom stereocenters. The lowest BCUT2D eigenvalue weighted by Crippen LogP contribution is -2.08. The predicted molar refractivity (Wildman–Crippen MR) is 77.2 cm³/mol. The largest absolute Gasteiger partial charge is 0.485 e. The van der Waals surface area contributed by atoms with E-state index in [1.807, 2.05) is 24.3 Å². The molecule has 0 saturated carbocycles. The highest BCUT2D eigenvalue weighted by atomic mass is 19.1. The van der Waals surface area contributed by atoms with Crippen molar-refractivity contribution in [2.75, 3.05) is 0 Å². The number of fused-ring (bicyclic) bond motifs is 1. The Balaban J connectivity index is 2.06. The van der Waals surface area contributed by atoms with Gasteiger partial charge in [-0.25, -0.2) is 13.8 Å². The molecule has 3 nitrogen and oxygen atoms in total. The van der Waals surface area contributed by atoms with Crippen LogP contribution in [-0.4, -0.2) is 16.1 Å². The molecule has 0 aliphatic carbocycles. The maximum Gasteiger partial charge on any atom is 0.191 e. The summed E-state index contributed by atoms with van der Waals surface area (Å²) in [7, 11) is 0. The second kappa shape index (κ2) is 5.16. The fraction of sp³-hybridized carbons (Fsp3) is 0.188. The van der Waals surface area contributed by atoms with E-state index in [0.29, 0.717) is 11.4 Å². The van der Waals surface area contributed by atoms with Crippen LogP contribution < -0.4 is 4.74 Å². The van der Waals surface area contributed by atoms with Crippen molar-refractivity contribution >= 4 is 11.0 Å². The quantitative estimate of drug-likeness (QED) is 0.780. The van der Waals surface area contributed by atoms with Gasteiger partial charge < -0.3 is 9.72 Å². The Bertz CT molecular complexity index is 740. The van der Waals surface area contributed by atoms with Gasteiger partial charge in [-0.2, -0.15) is 0 Å². The summed E-state index contributed by atoms with van der Waals surface area (Å²) in [5.74, 6) is -1.41. The minimum Gasteiger partial charge on any atom is -0.485 e. The third-order valence-corrected chi connectivity index (χ3v) is 3.01. The van der Waals surface area contributed by atoms with Crippen LogP contribution in [0.2, 0.25) is 0 Å². The van der Waals surface area contributed by atoms with Crippen molar-refractivity contribution in [1.82, 2.24) is 9.97 Å². The lowest BCUT2D eigenvalue weighted by atomic mass is 10.2. The molecule has 0 unspecified atom stereocenters. The lowest BCUT2D eigenvalue weighted by molar-refractivity contribution is 0.219. The van der Waals surface area contributed by atoms with Crippen LogP contribution in [0.1, 0.15) is 13.8 Å². The molecule has 0 saturated heterocycles. The second-order valence-electron chi connectivity index (χ2n) is 5.04. The first-order valence-electron chi connectivity index (χ1n) is 6.65. The Hall–Kier alpha value is -2.43. The van der Waals surface area contributed by atoms with Crippen LogP contribution >= 0.6 is 0 Å². The summed E-state index contributed by atoms with van der Waals surface area (Å²) in [5.41, 5.74) is 1.91. The van der Waals surface area contributed by atoms with Crippen LogP contribution in [0.5, 0.6) is 5.75 Å². The molecule has 0 spiro atoms. The summed E-state index contributed by atoms with van der Waals surface area (Å²) in [4.78, 5) is 7.37. The molecule has 2 aromatic carbocycles. The topological polar surface area (TPSA) is 37.9 Å². The number of H-pyrrole nitrogens is 1. The molecule has 0 aliphatic rings. The van der Waals surface area contributed by atoms with Crippen molar-refractivity contribution in [2.45, 2.75) is 20.0 Å². The van der Waals surface area contributed by atoms with Gasteiger partial charge in [-0.15, -0.1) is 0 Å². The van der Waals surface area contributed by atoms with Crippen LogP contribution in [0.25, 0.3) is 22.4 Å². The van der Waals surface area contributed by atoms with Gasteiger partial charge in [0.25, 0.3) is 0 Å². The van der Waals surface area contributed by atoms with Crippen LogP contribution in [0, 0.1) is 11.6 Å². The average Bonchev–Trinajstić information content (AvgIpc) is 2.86. The number of hydrogen-bond donors (Lipinski definition) is 1. The van der Waals surface area contributed by atoms with Gasteiger partial charge in [-0.1, -0.05) is 12.1 Å². The number of aromatic nitrogens is 2. The van der Waals surface area contributed by atoms with Gasteiger partial charge in [0.05, 0.1) is 17.1 Å². The van der Waals surface area contributed by atoms with E-state index < -0.39 is 11.6 Å². The molecule has 108 valence electrons. The van der Waals surface area contributed by atoms with Gasteiger partial charge in [0.2, 0.25) is 0 Å². The van der Waals surface area contributed by atoms with Crippen LogP contribution in [0.4, 0.5) is 8.78 Å². The number of benzene rings is 2. The van der Waals surface area contributed by atoms with Crippen LogP contribution in [0.15, 0.2) is 36.4 Å². The van der Waals surface area contributed by atoms with E-state index in [4.69, 9.17) is 4.74 Å². The monoisotopic (exact) mass is 288 g/mol. The smallest absolute Gasteiger partial charge is 0.191 e. The molecule has 1 N–H and O–H groups in total. The zero-order valence-electron chi connectivity index (χ0n) is 11.7. The van der Waals surface area contributed by atoms with Crippen molar-refractivity contribution in [3.63, 3.8) is 0 Å². The minimum absolute atomic E-state index is 0.300. The molecule has 0 bridgehead atoms. The molecule has 0 aliphatic heterocycles. The zero-order valence-corrected chi connectivity index (χ0v) is 11.7. The van der Waals surface area contributed by atoms with E-state index in [9.17, 15) is 8.78 Å². The minimum atomic E-state index is -0.737. The van der Waals surface area contributed by atoms with E-state index in [1.54, 1.807) is 13.8 Å². The molecule has 3 aromatic rings. The van der Waals surface area contributed by atoms with Gasteiger partial charge >= 0.3 is 0 Å². The summed E-state index contributed by atoms with van der Waals surface area (Å²) in [5, 5.41) is 0. The molecule has 3 rings (SSSR count). The summed E-state index contributed by atoms with van der Waals surface area (Å²) in [6.07, 6.45) is -0.300. The number of aromatic amines is 1. The van der Waals surface area contributed by atoms with E-state index in [-0.39, 0.29) is 11.9 Å². The average molecular weight is 288 g/mol. The van der Waals surface area contributed by atoms with Gasteiger partial charge in [-0.05, 0) is 38.1 Å². The van der Waals surface area contributed by atoms with E-state index in [1.165, 1.54) is 12.1 Å². The van der Waals surface area contributed by atoms with E-state index in [0.717, 1.165) is 11.0 Å². The fourth-order valence-electron chi connectivity index (χ4n) is 2.13. The Kier molecular flexibility index (Phi) is 3.33. The van der Waals surface area contributed by atoms with Crippen molar-refractivity contribution in [1.29, 1.82) is 0 Å². The Morgan fingerprint density at radius 3 is 2.38 bits per heavy atom.